The molecule has 0 saturated carbocycles. The summed E-state index contributed by atoms with van der Waals surface area (Å²) in [5.41, 5.74) is 0.812. The lowest BCUT2D eigenvalue weighted by atomic mass is 10.2. The molecular weight excluding hydrogens is 322 g/mol. The Morgan fingerprint density at radius 1 is 1.13 bits per heavy atom. The number of carbonyl (C=O) groups is 2. The molecule has 2 aromatic carbocycles. The summed E-state index contributed by atoms with van der Waals surface area (Å²) in [6, 6.07) is 11.3. The van der Waals surface area contributed by atoms with Crippen LogP contribution < -0.4 is 14.8 Å². The predicted molar refractivity (Wildman–Crippen MR) is 82.9 cm³/mol. The second-order valence-electron chi connectivity index (χ2n) is 4.70. The molecule has 6 nitrogen and oxygen atoms in total. The van der Waals surface area contributed by atoms with Gasteiger partial charge < -0.3 is 19.5 Å². The molecule has 0 saturated heterocycles. The summed E-state index contributed by atoms with van der Waals surface area (Å²) in [6.07, 6.45) is 0. The van der Waals surface area contributed by atoms with Crippen LogP contribution in [0.15, 0.2) is 42.5 Å². The van der Waals surface area contributed by atoms with Crippen molar-refractivity contribution in [2.75, 3.05) is 18.7 Å². The van der Waals surface area contributed by atoms with Crippen LogP contribution in [0.5, 0.6) is 11.5 Å². The quantitative estimate of drug-likeness (QED) is 0.871. The highest BCUT2D eigenvalue weighted by molar-refractivity contribution is 6.30. The molecule has 0 aliphatic carbocycles. The Bertz CT molecular complexity index is 762. The molecule has 1 N–H and O–H groups in total. The van der Waals surface area contributed by atoms with Crippen molar-refractivity contribution >= 4 is 29.2 Å². The Morgan fingerprint density at radius 2 is 1.96 bits per heavy atom. The fourth-order valence-electron chi connectivity index (χ4n) is 2.00. The van der Waals surface area contributed by atoms with Crippen LogP contribution in [0.3, 0.4) is 0 Å². The lowest BCUT2D eigenvalue weighted by Crippen LogP contribution is -2.20. The van der Waals surface area contributed by atoms with Crippen LogP contribution in [0.2, 0.25) is 5.02 Å². The summed E-state index contributed by atoms with van der Waals surface area (Å²) in [6.45, 7) is -0.246. The zero-order valence-electron chi connectivity index (χ0n) is 11.9. The number of esters is 1. The first kappa shape index (κ1) is 15.2. The van der Waals surface area contributed by atoms with Crippen molar-refractivity contribution in [1.82, 2.24) is 0 Å². The van der Waals surface area contributed by atoms with Gasteiger partial charge in [-0.15, -0.1) is 0 Å². The van der Waals surface area contributed by atoms with E-state index in [2.05, 4.69) is 5.32 Å². The average molecular weight is 334 g/mol. The molecule has 23 heavy (non-hydrogen) atoms. The molecule has 0 atom stereocenters. The summed E-state index contributed by atoms with van der Waals surface area (Å²) in [7, 11) is 0. The van der Waals surface area contributed by atoms with E-state index in [1.54, 1.807) is 36.4 Å². The maximum absolute atomic E-state index is 11.8. The number of fused-ring (bicyclic) bond motifs is 1. The molecule has 0 fully saturated rings. The van der Waals surface area contributed by atoms with E-state index in [0.29, 0.717) is 22.2 Å². The Hall–Kier alpha value is -2.73. The summed E-state index contributed by atoms with van der Waals surface area (Å²) < 4.78 is 15.3. The summed E-state index contributed by atoms with van der Waals surface area (Å²) in [5.74, 6) is 0.0988. The van der Waals surface area contributed by atoms with E-state index in [0.717, 1.165) is 0 Å². The highest BCUT2D eigenvalue weighted by Crippen LogP contribution is 2.34. The van der Waals surface area contributed by atoms with Gasteiger partial charge in [0.1, 0.15) is 0 Å². The average Bonchev–Trinajstić information content (AvgIpc) is 3.00. The Morgan fingerprint density at radius 3 is 2.78 bits per heavy atom. The number of nitrogens with one attached hydrogen (secondary N) is 1. The molecule has 1 aliphatic heterocycles. The number of rotatable bonds is 4. The maximum Gasteiger partial charge on any atom is 0.338 e. The molecule has 0 bridgehead atoms. The van der Waals surface area contributed by atoms with E-state index in [4.69, 9.17) is 25.8 Å². The van der Waals surface area contributed by atoms with Crippen LogP contribution in [0.25, 0.3) is 0 Å². The Kier molecular flexibility index (Phi) is 4.34. The van der Waals surface area contributed by atoms with E-state index in [1.165, 1.54) is 6.07 Å². The number of ether oxygens (including phenoxy) is 3. The molecular formula is C16H12ClNO5. The lowest BCUT2D eigenvalue weighted by molar-refractivity contribution is -0.119. The van der Waals surface area contributed by atoms with Gasteiger partial charge in [0.2, 0.25) is 6.79 Å². The first-order chi connectivity index (χ1) is 11.1. The lowest BCUT2D eigenvalue weighted by Gasteiger charge is -2.07. The molecule has 1 heterocycles. The fourth-order valence-corrected chi connectivity index (χ4v) is 2.19. The van der Waals surface area contributed by atoms with E-state index in [9.17, 15) is 9.59 Å². The molecule has 0 aromatic heterocycles. The Balaban J connectivity index is 1.54. The summed E-state index contributed by atoms with van der Waals surface area (Å²) in [4.78, 5) is 23.6. The summed E-state index contributed by atoms with van der Waals surface area (Å²) >= 11 is 5.80. The monoisotopic (exact) mass is 333 g/mol. The minimum Gasteiger partial charge on any atom is -0.454 e. The molecule has 1 amide bonds. The van der Waals surface area contributed by atoms with Crippen molar-refractivity contribution in [2.24, 2.45) is 0 Å². The van der Waals surface area contributed by atoms with Crippen LogP contribution >= 0.6 is 11.6 Å². The zero-order chi connectivity index (χ0) is 16.2. The normalized spacial score (nSPS) is 11.9. The van der Waals surface area contributed by atoms with Crippen molar-refractivity contribution in [3.05, 3.63) is 53.1 Å². The van der Waals surface area contributed by atoms with Crippen LogP contribution in [0.4, 0.5) is 5.69 Å². The molecule has 118 valence electrons. The van der Waals surface area contributed by atoms with Crippen LogP contribution in [0.1, 0.15) is 10.4 Å². The van der Waals surface area contributed by atoms with Gasteiger partial charge in [-0.1, -0.05) is 17.7 Å². The second-order valence-corrected chi connectivity index (χ2v) is 5.14. The van der Waals surface area contributed by atoms with E-state index < -0.39 is 18.5 Å². The van der Waals surface area contributed by atoms with Gasteiger partial charge in [0.05, 0.1) is 5.56 Å². The number of benzene rings is 2. The number of amides is 1. The van der Waals surface area contributed by atoms with Gasteiger partial charge in [-0.2, -0.15) is 0 Å². The standard InChI is InChI=1S/C16H12ClNO5/c17-11-3-1-2-10(6-11)16(20)21-8-15(19)18-12-4-5-13-14(7-12)23-9-22-13/h1-7H,8-9H2,(H,18,19). The van der Waals surface area contributed by atoms with Crippen molar-refractivity contribution in [2.45, 2.75) is 0 Å². The number of hydrogen-bond donors (Lipinski definition) is 1. The minimum atomic E-state index is -0.617. The van der Waals surface area contributed by atoms with Crippen LogP contribution in [-0.2, 0) is 9.53 Å². The molecule has 0 radical (unpaired) electrons. The number of anilines is 1. The van der Waals surface area contributed by atoms with Crippen molar-refractivity contribution in [3.63, 3.8) is 0 Å². The molecule has 7 heteroatoms. The largest absolute Gasteiger partial charge is 0.454 e. The fraction of sp³-hybridized carbons (Fsp3) is 0.125. The van der Waals surface area contributed by atoms with E-state index >= 15 is 0 Å². The van der Waals surface area contributed by atoms with Crippen molar-refractivity contribution < 1.29 is 23.8 Å². The van der Waals surface area contributed by atoms with Crippen molar-refractivity contribution in [1.29, 1.82) is 0 Å². The number of carbonyl (C=O) groups excluding carboxylic acids is 2. The molecule has 3 rings (SSSR count). The maximum atomic E-state index is 11.8. The molecule has 2 aromatic rings. The van der Waals surface area contributed by atoms with Gasteiger partial charge in [-0.25, -0.2) is 4.79 Å². The van der Waals surface area contributed by atoms with E-state index in [-0.39, 0.29) is 12.4 Å². The smallest absolute Gasteiger partial charge is 0.338 e. The third-order valence-corrected chi connectivity index (χ3v) is 3.29. The molecule has 1 aliphatic rings. The van der Waals surface area contributed by atoms with Gasteiger partial charge in [0, 0.05) is 16.8 Å². The summed E-state index contributed by atoms with van der Waals surface area (Å²) in [5, 5.41) is 3.03. The first-order valence-electron chi connectivity index (χ1n) is 6.74. The van der Waals surface area contributed by atoms with Gasteiger partial charge in [-0.3, -0.25) is 4.79 Å². The topological polar surface area (TPSA) is 73.9 Å². The zero-order valence-corrected chi connectivity index (χ0v) is 12.6. The third-order valence-electron chi connectivity index (χ3n) is 3.05. The number of hydrogen-bond acceptors (Lipinski definition) is 5. The van der Waals surface area contributed by atoms with Crippen molar-refractivity contribution in [3.8, 4) is 11.5 Å². The minimum absolute atomic E-state index is 0.157. The van der Waals surface area contributed by atoms with Crippen LogP contribution in [-0.4, -0.2) is 25.3 Å². The predicted octanol–water partition coefficient (Wildman–Crippen LogP) is 2.86. The van der Waals surface area contributed by atoms with Gasteiger partial charge >= 0.3 is 5.97 Å². The first-order valence-corrected chi connectivity index (χ1v) is 7.12. The van der Waals surface area contributed by atoms with Gasteiger partial charge in [0.25, 0.3) is 5.91 Å². The highest BCUT2D eigenvalue weighted by atomic mass is 35.5. The van der Waals surface area contributed by atoms with Crippen LogP contribution in [0, 0.1) is 0 Å². The number of halogens is 1. The molecule has 0 spiro atoms. The SMILES string of the molecule is O=C(COC(=O)c1cccc(Cl)c1)Nc1ccc2c(c1)OCO2. The van der Waals surface area contributed by atoms with E-state index in [1.807, 2.05) is 0 Å². The van der Waals surface area contributed by atoms with Gasteiger partial charge in [0.15, 0.2) is 18.1 Å². The second kappa shape index (κ2) is 6.58. The van der Waals surface area contributed by atoms with Gasteiger partial charge in [-0.05, 0) is 30.3 Å². The Labute approximate surface area is 136 Å². The molecule has 0 unspecified atom stereocenters. The third kappa shape index (κ3) is 3.73. The highest BCUT2D eigenvalue weighted by Gasteiger charge is 2.15.